The normalized spacial score (nSPS) is 11.0. The minimum atomic E-state index is 0.191. The number of pyridine rings is 1. The summed E-state index contributed by atoms with van der Waals surface area (Å²) in [5, 5.41) is 3.52. The average molecular weight is 179 g/mol. The molecule has 68 valence electrons. The molecule has 0 bridgehead atoms. The summed E-state index contributed by atoms with van der Waals surface area (Å²) in [4.78, 5) is 18.8. The molecule has 0 amide bonds. The minimum absolute atomic E-state index is 0.191. The van der Waals surface area contributed by atoms with E-state index in [1.165, 1.54) is 13.3 Å². The summed E-state index contributed by atoms with van der Waals surface area (Å²) in [6.45, 7) is 0. The van der Waals surface area contributed by atoms with Crippen LogP contribution in [0.2, 0.25) is 0 Å². The van der Waals surface area contributed by atoms with Gasteiger partial charge in [-0.1, -0.05) is 5.16 Å². The Balaban J connectivity index is 3.05. The summed E-state index contributed by atoms with van der Waals surface area (Å²) in [5.74, 6) is 0.336. The summed E-state index contributed by atoms with van der Waals surface area (Å²) < 4.78 is 0. The first kappa shape index (κ1) is 9.18. The van der Waals surface area contributed by atoms with Gasteiger partial charge in [0.1, 0.15) is 18.6 Å². The third-order valence-corrected chi connectivity index (χ3v) is 1.38. The molecule has 0 saturated carbocycles. The van der Waals surface area contributed by atoms with Crippen molar-refractivity contribution in [3.63, 3.8) is 0 Å². The van der Waals surface area contributed by atoms with Crippen molar-refractivity contribution in [3.8, 4) is 0 Å². The van der Waals surface area contributed by atoms with Gasteiger partial charge in [0, 0.05) is 11.8 Å². The maximum Gasteiger partial charge on any atom is 0.172 e. The quantitative estimate of drug-likeness (QED) is 0.409. The highest BCUT2D eigenvalue weighted by Gasteiger charge is 2.02. The van der Waals surface area contributed by atoms with Crippen LogP contribution in [0.5, 0.6) is 0 Å². The van der Waals surface area contributed by atoms with Crippen molar-refractivity contribution < 1.29 is 9.63 Å². The topological polar surface area (TPSA) is 77.6 Å². The first-order chi connectivity index (χ1) is 6.27. The van der Waals surface area contributed by atoms with Crippen LogP contribution in [0.3, 0.4) is 0 Å². The fourth-order valence-corrected chi connectivity index (χ4v) is 0.848. The van der Waals surface area contributed by atoms with E-state index in [-0.39, 0.29) is 5.71 Å². The SMILES string of the molecule is CON=C(C=O)c1ccnc(N)c1. The molecule has 0 radical (unpaired) electrons. The van der Waals surface area contributed by atoms with Gasteiger partial charge in [0.2, 0.25) is 0 Å². The third-order valence-electron chi connectivity index (χ3n) is 1.38. The lowest BCUT2D eigenvalue weighted by atomic mass is 10.2. The number of nitrogens with two attached hydrogens (primary N) is 1. The van der Waals surface area contributed by atoms with E-state index >= 15 is 0 Å². The lowest BCUT2D eigenvalue weighted by molar-refractivity contribution is -0.102. The summed E-state index contributed by atoms with van der Waals surface area (Å²) in [5.41, 5.74) is 6.20. The molecule has 0 spiro atoms. The van der Waals surface area contributed by atoms with Gasteiger partial charge in [0.15, 0.2) is 6.29 Å². The Morgan fingerprint density at radius 3 is 3.08 bits per heavy atom. The maximum atomic E-state index is 10.5. The number of carbonyl (C=O) groups is 1. The van der Waals surface area contributed by atoms with Crippen LogP contribution in [0, 0.1) is 0 Å². The molecular formula is C8H9N3O2. The highest BCUT2D eigenvalue weighted by Crippen LogP contribution is 2.03. The average Bonchev–Trinajstić information content (AvgIpc) is 2.14. The number of hydrogen-bond acceptors (Lipinski definition) is 5. The van der Waals surface area contributed by atoms with Crippen LogP contribution in [-0.4, -0.2) is 24.1 Å². The lowest BCUT2D eigenvalue weighted by Crippen LogP contribution is -2.04. The molecule has 13 heavy (non-hydrogen) atoms. The fourth-order valence-electron chi connectivity index (χ4n) is 0.848. The monoisotopic (exact) mass is 179 g/mol. The van der Waals surface area contributed by atoms with Gasteiger partial charge in [-0.05, 0) is 12.1 Å². The molecule has 5 nitrogen and oxygen atoms in total. The van der Waals surface area contributed by atoms with Crippen molar-refractivity contribution >= 4 is 17.8 Å². The molecule has 0 fully saturated rings. The molecule has 0 aromatic carbocycles. The summed E-state index contributed by atoms with van der Waals surface area (Å²) in [7, 11) is 1.37. The van der Waals surface area contributed by atoms with Gasteiger partial charge in [-0.15, -0.1) is 0 Å². The Bertz CT molecular complexity index is 336. The van der Waals surface area contributed by atoms with Gasteiger partial charge in [0.25, 0.3) is 0 Å². The summed E-state index contributed by atoms with van der Waals surface area (Å²) in [6.07, 6.45) is 2.09. The zero-order valence-corrected chi connectivity index (χ0v) is 7.10. The molecule has 1 aromatic rings. The number of rotatable bonds is 3. The molecule has 0 aliphatic carbocycles. The van der Waals surface area contributed by atoms with Gasteiger partial charge in [-0.3, -0.25) is 4.79 Å². The van der Waals surface area contributed by atoms with Crippen LogP contribution in [0.15, 0.2) is 23.5 Å². The molecule has 0 aliphatic heterocycles. The maximum absolute atomic E-state index is 10.5. The number of anilines is 1. The molecule has 1 heterocycles. The number of nitrogen functional groups attached to an aromatic ring is 1. The van der Waals surface area contributed by atoms with Gasteiger partial charge >= 0.3 is 0 Å². The first-order valence-electron chi connectivity index (χ1n) is 3.56. The summed E-state index contributed by atoms with van der Waals surface area (Å²) >= 11 is 0. The van der Waals surface area contributed by atoms with Gasteiger partial charge < -0.3 is 10.6 Å². The van der Waals surface area contributed by atoms with Crippen molar-refractivity contribution in [2.75, 3.05) is 12.8 Å². The first-order valence-corrected chi connectivity index (χ1v) is 3.56. The number of aromatic nitrogens is 1. The minimum Gasteiger partial charge on any atom is -0.399 e. The van der Waals surface area contributed by atoms with Crippen LogP contribution >= 0.6 is 0 Å². The molecule has 2 N–H and O–H groups in total. The van der Waals surface area contributed by atoms with Crippen molar-refractivity contribution in [2.45, 2.75) is 0 Å². The molecule has 0 unspecified atom stereocenters. The van der Waals surface area contributed by atoms with Gasteiger partial charge in [-0.25, -0.2) is 4.98 Å². The van der Waals surface area contributed by atoms with E-state index in [2.05, 4.69) is 15.0 Å². The van der Waals surface area contributed by atoms with E-state index in [4.69, 9.17) is 5.73 Å². The standard InChI is InChI=1S/C8H9N3O2/c1-13-11-7(5-12)6-2-3-10-8(9)4-6/h2-5H,1H3,(H2,9,10). The van der Waals surface area contributed by atoms with E-state index in [9.17, 15) is 4.79 Å². The Kier molecular flexibility index (Phi) is 2.97. The van der Waals surface area contributed by atoms with E-state index in [0.29, 0.717) is 17.7 Å². The van der Waals surface area contributed by atoms with E-state index in [0.717, 1.165) is 0 Å². The molecule has 1 rings (SSSR count). The Hall–Kier alpha value is -1.91. The van der Waals surface area contributed by atoms with Crippen LogP contribution in [-0.2, 0) is 9.63 Å². The lowest BCUT2D eigenvalue weighted by Gasteiger charge is -1.98. The largest absolute Gasteiger partial charge is 0.399 e. The predicted octanol–water partition coefficient (Wildman–Crippen LogP) is 0.213. The summed E-state index contributed by atoms with van der Waals surface area (Å²) in [6, 6.07) is 3.18. The van der Waals surface area contributed by atoms with Crippen LogP contribution in [0.1, 0.15) is 5.56 Å². The van der Waals surface area contributed by atoms with E-state index in [1.54, 1.807) is 12.1 Å². The van der Waals surface area contributed by atoms with E-state index in [1.807, 2.05) is 0 Å². The highest BCUT2D eigenvalue weighted by atomic mass is 16.6. The number of oxime groups is 1. The van der Waals surface area contributed by atoms with Crippen molar-refractivity contribution in [1.82, 2.24) is 4.98 Å². The van der Waals surface area contributed by atoms with Gasteiger partial charge in [0.05, 0.1) is 0 Å². The Labute approximate surface area is 75.2 Å². The van der Waals surface area contributed by atoms with Crippen molar-refractivity contribution in [2.24, 2.45) is 5.16 Å². The zero-order chi connectivity index (χ0) is 9.68. The van der Waals surface area contributed by atoms with Crippen molar-refractivity contribution in [3.05, 3.63) is 23.9 Å². The number of nitrogens with zero attached hydrogens (tertiary/aromatic N) is 2. The zero-order valence-electron chi connectivity index (χ0n) is 7.10. The predicted molar refractivity (Wildman–Crippen MR) is 48.3 cm³/mol. The van der Waals surface area contributed by atoms with Crippen LogP contribution in [0.4, 0.5) is 5.82 Å². The van der Waals surface area contributed by atoms with Crippen LogP contribution < -0.4 is 5.73 Å². The fraction of sp³-hybridized carbons (Fsp3) is 0.125. The molecule has 1 aromatic heterocycles. The Morgan fingerprint density at radius 1 is 1.77 bits per heavy atom. The number of aldehydes is 1. The smallest absolute Gasteiger partial charge is 0.172 e. The molecule has 5 heteroatoms. The third kappa shape index (κ3) is 2.26. The van der Waals surface area contributed by atoms with Gasteiger partial charge in [-0.2, -0.15) is 0 Å². The molecule has 0 atom stereocenters. The molecule has 0 aliphatic rings. The molecule has 0 saturated heterocycles. The van der Waals surface area contributed by atoms with E-state index < -0.39 is 0 Å². The number of hydrogen-bond donors (Lipinski definition) is 1. The Morgan fingerprint density at radius 2 is 2.54 bits per heavy atom. The second-order valence-corrected chi connectivity index (χ2v) is 2.25. The highest BCUT2D eigenvalue weighted by molar-refractivity contribution is 6.36. The van der Waals surface area contributed by atoms with Crippen LogP contribution in [0.25, 0.3) is 0 Å². The number of carbonyl (C=O) groups excluding carboxylic acids is 1. The van der Waals surface area contributed by atoms with Crippen molar-refractivity contribution in [1.29, 1.82) is 0 Å². The second kappa shape index (κ2) is 4.20. The molecular weight excluding hydrogens is 170 g/mol. The second-order valence-electron chi connectivity index (χ2n) is 2.25.